The Morgan fingerprint density at radius 3 is 2.72 bits per heavy atom. The number of hydrogen-bond donors (Lipinski definition) is 1. The van der Waals surface area contributed by atoms with E-state index in [1.807, 2.05) is 42.9 Å². The van der Waals surface area contributed by atoms with Crippen LogP contribution in [0.3, 0.4) is 0 Å². The van der Waals surface area contributed by atoms with Crippen molar-refractivity contribution in [3.05, 3.63) is 46.6 Å². The first-order chi connectivity index (χ1) is 8.61. The first-order valence-corrected chi connectivity index (χ1v) is 6.99. The zero-order valence-electron chi connectivity index (χ0n) is 10.4. The molecule has 3 nitrogen and oxygen atoms in total. The summed E-state index contributed by atoms with van der Waals surface area (Å²) in [5.41, 5.74) is 7.95. The third-order valence-electron chi connectivity index (χ3n) is 2.69. The predicted molar refractivity (Wildman–Crippen MR) is 77.0 cm³/mol. The molecule has 0 amide bonds. The average Bonchev–Trinajstić information content (AvgIpc) is 2.66. The van der Waals surface area contributed by atoms with E-state index in [4.69, 9.17) is 17.3 Å². The molecule has 0 spiro atoms. The largest absolute Gasteiger partial charge is 0.329 e. The molecule has 1 aromatic carbocycles. The van der Waals surface area contributed by atoms with E-state index in [-0.39, 0.29) is 5.25 Å². The summed E-state index contributed by atoms with van der Waals surface area (Å²) in [6.45, 7) is 2.52. The molecular formula is C13H16ClN3S. The van der Waals surface area contributed by atoms with Crippen molar-refractivity contribution in [2.75, 3.05) is 6.54 Å². The fourth-order valence-electron chi connectivity index (χ4n) is 1.82. The summed E-state index contributed by atoms with van der Waals surface area (Å²) in [6, 6.07) is 9.89. The first kappa shape index (κ1) is 13.5. The molecule has 0 aliphatic carbocycles. The van der Waals surface area contributed by atoms with Gasteiger partial charge >= 0.3 is 0 Å². The highest BCUT2D eigenvalue weighted by atomic mass is 35.5. The molecule has 0 fully saturated rings. The number of hydrogen-bond acceptors (Lipinski definition) is 3. The van der Waals surface area contributed by atoms with Gasteiger partial charge in [-0.1, -0.05) is 41.6 Å². The molecule has 1 atom stereocenters. The molecule has 0 aliphatic rings. The van der Waals surface area contributed by atoms with Gasteiger partial charge in [0.1, 0.15) is 0 Å². The Morgan fingerprint density at radius 1 is 1.44 bits per heavy atom. The number of rotatable bonds is 4. The predicted octanol–water partition coefficient (Wildman–Crippen LogP) is 3.17. The molecular weight excluding hydrogens is 266 g/mol. The third-order valence-corrected chi connectivity index (χ3v) is 4.39. The minimum absolute atomic E-state index is 0.147. The van der Waals surface area contributed by atoms with Gasteiger partial charge in [-0.15, -0.1) is 0 Å². The molecule has 0 saturated carbocycles. The Kier molecular flexibility index (Phi) is 4.32. The summed E-state index contributed by atoms with van der Waals surface area (Å²) in [6.07, 6.45) is 0. The quantitative estimate of drug-likeness (QED) is 0.876. The highest BCUT2D eigenvalue weighted by Crippen LogP contribution is 2.37. The van der Waals surface area contributed by atoms with Crippen LogP contribution in [0.1, 0.15) is 16.5 Å². The Labute approximate surface area is 116 Å². The number of aryl methyl sites for hydroxylation is 2. The van der Waals surface area contributed by atoms with Crippen molar-refractivity contribution in [1.29, 1.82) is 0 Å². The zero-order valence-corrected chi connectivity index (χ0v) is 12.0. The van der Waals surface area contributed by atoms with Gasteiger partial charge in [0.2, 0.25) is 0 Å². The van der Waals surface area contributed by atoms with E-state index >= 15 is 0 Å². The number of halogens is 1. The van der Waals surface area contributed by atoms with Crippen molar-refractivity contribution in [3.8, 4) is 0 Å². The van der Waals surface area contributed by atoms with Crippen LogP contribution < -0.4 is 5.73 Å². The molecule has 2 aromatic rings. The molecule has 0 aliphatic heterocycles. The number of benzene rings is 1. The van der Waals surface area contributed by atoms with Gasteiger partial charge in [-0.3, -0.25) is 4.68 Å². The van der Waals surface area contributed by atoms with Crippen molar-refractivity contribution in [2.24, 2.45) is 12.8 Å². The van der Waals surface area contributed by atoms with Crippen LogP contribution in [0.15, 0.2) is 35.4 Å². The zero-order chi connectivity index (χ0) is 13.1. The first-order valence-electron chi connectivity index (χ1n) is 5.73. The van der Waals surface area contributed by atoms with Gasteiger partial charge in [0.15, 0.2) is 0 Å². The van der Waals surface area contributed by atoms with Gasteiger partial charge in [-0.05, 0) is 24.6 Å². The van der Waals surface area contributed by atoms with Gasteiger partial charge in [0, 0.05) is 23.9 Å². The number of thioether (sulfide) groups is 1. The van der Waals surface area contributed by atoms with Crippen LogP contribution in [-0.4, -0.2) is 16.3 Å². The molecule has 0 saturated heterocycles. The van der Waals surface area contributed by atoms with E-state index < -0.39 is 0 Å². The second kappa shape index (κ2) is 5.78. The van der Waals surface area contributed by atoms with Crippen LogP contribution in [0.2, 0.25) is 5.02 Å². The van der Waals surface area contributed by atoms with Crippen molar-refractivity contribution in [2.45, 2.75) is 17.2 Å². The van der Waals surface area contributed by atoms with Gasteiger partial charge in [0.05, 0.1) is 10.7 Å². The van der Waals surface area contributed by atoms with Gasteiger partial charge in [-0.2, -0.15) is 5.10 Å². The fraction of sp³-hybridized carbons (Fsp3) is 0.308. The van der Waals surface area contributed by atoms with Crippen LogP contribution in [0, 0.1) is 6.92 Å². The van der Waals surface area contributed by atoms with Crippen LogP contribution >= 0.6 is 23.4 Å². The lowest BCUT2D eigenvalue weighted by atomic mass is 10.1. The molecule has 18 heavy (non-hydrogen) atoms. The smallest absolute Gasteiger partial charge is 0.0945 e. The summed E-state index contributed by atoms with van der Waals surface area (Å²) in [4.78, 5) is 0. The molecule has 0 bridgehead atoms. The van der Waals surface area contributed by atoms with Crippen molar-refractivity contribution in [1.82, 2.24) is 9.78 Å². The lowest BCUT2D eigenvalue weighted by Gasteiger charge is -2.16. The second-order valence-electron chi connectivity index (χ2n) is 4.11. The van der Waals surface area contributed by atoms with Crippen molar-refractivity contribution in [3.63, 3.8) is 0 Å². The SMILES string of the molecule is Cc1cc(SC(CN)c2ccccc2Cl)n(C)n1. The van der Waals surface area contributed by atoms with E-state index in [1.165, 1.54) is 0 Å². The minimum atomic E-state index is 0.147. The maximum atomic E-state index is 6.22. The fourth-order valence-corrected chi connectivity index (χ4v) is 3.30. The van der Waals surface area contributed by atoms with E-state index in [0.717, 1.165) is 21.3 Å². The summed E-state index contributed by atoms with van der Waals surface area (Å²) in [7, 11) is 1.94. The van der Waals surface area contributed by atoms with Crippen molar-refractivity contribution >= 4 is 23.4 Å². The second-order valence-corrected chi connectivity index (χ2v) is 5.74. The molecule has 0 radical (unpaired) electrons. The van der Waals surface area contributed by atoms with Crippen LogP contribution in [0.4, 0.5) is 0 Å². The monoisotopic (exact) mass is 281 g/mol. The Morgan fingerprint density at radius 2 is 2.17 bits per heavy atom. The lowest BCUT2D eigenvalue weighted by molar-refractivity contribution is 0.690. The third kappa shape index (κ3) is 2.88. The maximum Gasteiger partial charge on any atom is 0.0945 e. The van der Waals surface area contributed by atoms with Crippen LogP contribution in [0.25, 0.3) is 0 Å². The van der Waals surface area contributed by atoms with Gasteiger partial charge in [0.25, 0.3) is 0 Å². The van der Waals surface area contributed by atoms with Crippen LogP contribution in [-0.2, 0) is 7.05 Å². The summed E-state index contributed by atoms with van der Waals surface area (Å²) < 4.78 is 1.87. The molecule has 1 heterocycles. The Hall–Kier alpha value is -0.970. The molecule has 2 N–H and O–H groups in total. The van der Waals surface area contributed by atoms with E-state index in [2.05, 4.69) is 11.2 Å². The summed E-state index contributed by atoms with van der Waals surface area (Å²) in [5.74, 6) is 0. The topological polar surface area (TPSA) is 43.8 Å². The average molecular weight is 282 g/mol. The molecule has 1 aromatic heterocycles. The van der Waals surface area contributed by atoms with Gasteiger partial charge < -0.3 is 5.73 Å². The molecule has 1 unspecified atom stereocenters. The van der Waals surface area contributed by atoms with E-state index in [1.54, 1.807) is 11.8 Å². The standard InChI is InChI=1S/C13H16ClN3S/c1-9-7-13(17(2)16-9)18-12(8-15)10-5-3-4-6-11(10)14/h3-7,12H,8,15H2,1-2H3. The Bertz CT molecular complexity index is 539. The van der Waals surface area contributed by atoms with E-state index in [0.29, 0.717) is 6.54 Å². The van der Waals surface area contributed by atoms with Crippen LogP contribution in [0.5, 0.6) is 0 Å². The molecule has 96 valence electrons. The molecule has 5 heteroatoms. The summed E-state index contributed by atoms with van der Waals surface area (Å²) >= 11 is 7.91. The lowest BCUT2D eigenvalue weighted by Crippen LogP contribution is -2.10. The number of nitrogens with zero attached hydrogens (tertiary/aromatic N) is 2. The minimum Gasteiger partial charge on any atom is -0.329 e. The van der Waals surface area contributed by atoms with Gasteiger partial charge in [-0.25, -0.2) is 0 Å². The Balaban J connectivity index is 2.25. The highest BCUT2D eigenvalue weighted by molar-refractivity contribution is 7.99. The number of aromatic nitrogens is 2. The van der Waals surface area contributed by atoms with E-state index in [9.17, 15) is 0 Å². The summed E-state index contributed by atoms with van der Waals surface area (Å²) in [5, 5.41) is 6.35. The number of nitrogens with two attached hydrogens (primary N) is 1. The normalized spacial score (nSPS) is 12.7. The van der Waals surface area contributed by atoms with Crippen molar-refractivity contribution < 1.29 is 0 Å². The molecule has 2 rings (SSSR count). The highest BCUT2D eigenvalue weighted by Gasteiger charge is 2.16. The maximum absolute atomic E-state index is 6.22.